The van der Waals surface area contributed by atoms with E-state index in [2.05, 4.69) is 15.0 Å². The van der Waals surface area contributed by atoms with Crippen molar-refractivity contribution in [2.24, 2.45) is 5.92 Å². The Balaban J connectivity index is 2.73. The lowest BCUT2D eigenvalue weighted by Gasteiger charge is -2.02. The summed E-state index contributed by atoms with van der Waals surface area (Å²) in [6.07, 6.45) is -4.57. The van der Waals surface area contributed by atoms with Crippen molar-refractivity contribution in [2.45, 2.75) is 20.0 Å². The van der Waals surface area contributed by atoms with Gasteiger partial charge in [-0.2, -0.15) is 13.2 Å². The maximum absolute atomic E-state index is 12.1. The normalized spacial score (nSPS) is 11.9. The van der Waals surface area contributed by atoms with Crippen molar-refractivity contribution >= 4 is 11.8 Å². The van der Waals surface area contributed by atoms with Crippen LogP contribution in [0.3, 0.4) is 0 Å². The molecule has 1 N–H and O–H groups in total. The van der Waals surface area contributed by atoms with Crippen molar-refractivity contribution < 1.29 is 22.5 Å². The molecule has 0 unspecified atom stereocenters. The van der Waals surface area contributed by atoms with Gasteiger partial charge in [-0.15, -0.1) is 0 Å². The molecule has 15 heavy (non-hydrogen) atoms. The predicted molar refractivity (Wildman–Crippen MR) is 45.0 cm³/mol. The predicted octanol–water partition coefficient (Wildman–Crippen LogP) is 2.29. The molecule has 0 aliphatic heterocycles. The molecular formula is C8H9F3N2O2. The fourth-order valence-corrected chi connectivity index (χ4v) is 0.733. The number of carbonyl (C=O) groups is 1. The Morgan fingerprint density at radius 3 is 2.53 bits per heavy atom. The first-order valence-electron chi connectivity index (χ1n) is 4.15. The summed E-state index contributed by atoms with van der Waals surface area (Å²) in [5, 5.41) is 4.95. The van der Waals surface area contributed by atoms with Crippen LogP contribution in [0.5, 0.6) is 0 Å². The number of alkyl halides is 3. The average Bonchev–Trinajstić information content (AvgIpc) is 2.51. The van der Waals surface area contributed by atoms with Gasteiger partial charge in [0.1, 0.15) is 0 Å². The Kier molecular flexibility index (Phi) is 3.01. The van der Waals surface area contributed by atoms with Crippen molar-refractivity contribution in [3.8, 4) is 0 Å². The second kappa shape index (κ2) is 3.92. The van der Waals surface area contributed by atoms with Crippen molar-refractivity contribution in [1.82, 2.24) is 5.16 Å². The Morgan fingerprint density at radius 1 is 1.53 bits per heavy atom. The number of hydrogen-bond donors (Lipinski definition) is 1. The minimum absolute atomic E-state index is 0.305. The van der Waals surface area contributed by atoms with Crippen LogP contribution >= 0.6 is 0 Å². The number of aromatic nitrogens is 1. The average molecular weight is 222 g/mol. The zero-order valence-electron chi connectivity index (χ0n) is 8.05. The lowest BCUT2D eigenvalue weighted by molar-refractivity contribution is -0.142. The molecule has 0 saturated carbocycles. The van der Waals surface area contributed by atoms with Crippen molar-refractivity contribution in [2.75, 3.05) is 5.32 Å². The standard InChI is InChI=1S/C8H9F3N2O2/c1-4(2)7(14)12-6-3-5(13-15-6)8(9,10)11/h3-4H,1-2H3,(H,12,14). The van der Waals surface area contributed by atoms with E-state index in [1.807, 2.05) is 0 Å². The van der Waals surface area contributed by atoms with E-state index in [1.165, 1.54) is 0 Å². The van der Waals surface area contributed by atoms with Gasteiger partial charge in [-0.3, -0.25) is 10.1 Å². The molecule has 1 amide bonds. The summed E-state index contributed by atoms with van der Waals surface area (Å²) < 4.78 is 40.5. The fraction of sp³-hybridized carbons (Fsp3) is 0.500. The van der Waals surface area contributed by atoms with Crippen LogP contribution in [0, 0.1) is 5.92 Å². The second-order valence-electron chi connectivity index (χ2n) is 3.22. The summed E-state index contributed by atoms with van der Waals surface area (Å²) >= 11 is 0. The summed E-state index contributed by atoms with van der Waals surface area (Å²) in [6, 6.07) is 0.639. The molecule has 0 saturated heterocycles. The molecule has 1 aromatic rings. The van der Waals surface area contributed by atoms with Crippen molar-refractivity contribution in [3.63, 3.8) is 0 Å². The van der Waals surface area contributed by atoms with E-state index in [-0.39, 0.29) is 11.8 Å². The van der Waals surface area contributed by atoms with Gasteiger partial charge in [0.15, 0.2) is 5.69 Å². The number of halogens is 3. The Labute approximate surface area is 83.4 Å². The molecule has 84 valence electrons. The van der Waals surface area contributed by atoms with Gasteiger partial charge in [0, 0.05) is 12.0 Å². The van der Waals surface area contributed by atoms with E-state index < -0.39 is 17.8 Å². The number of hydrogen-bond acceptors (Lipinski definition) is 3. The van der Waals surface area contributed by atoms with Crippen molar-refractivity contribution in [1.29, 1.82) is 0 Å². The number of anilines is 1. The zero-order valence-corrected chi connectivity index (χ0v) is 8.05. The van der Waals surface area contributed by atoms with Gasteiger partial charge in [-0.05, 0) is 0 Å². The minimum atomic E-state index is -4.57. The van der Waals surface area contributed by atoms with E-state index >= 15 is 0 Å². The summed E-state index contributed by atoms with van der Waals surface area (Å²) in [5.41, 5.74) is -1.17. The minimum Gasteiger partial charge on any atom is -0.338 e. The molecule has 0 atom stereocenters. The van der Waals surface area contributed by atoms with Gasteiger partial charge in [0.25, 0.3) is 0 Å². The molecule has 0 radical (unpaired) electrons. The van der Waals surface area contributed by atoms with Crippen LogP contribution in [0.2, 0.25) is 0 Å². The molecular weight excluding hydrogens is 213 g/mol. The monoisotopic (exact) mass is 222 g/mol. The summed E-state index contributed by atoms with van der Waals surface area (Å²) in [6.45, 7) is 3.22. The Bertz CT molecular complexity index is 357. The van der Waals surface area contributed by atoms with E-state index in [0.717, 1.165) is 0 Å². The number of nitrogens with zero attached hydrogens (tertiary/aromatic N) is 1. The highest BCUT2D eigenvalue weighted by atomic mass is 19.4. The number of amides is 1. The topological polar surface area (TPSA) is 55.1 Å². The number of carbonyl (C=O) groups excluding carboxylic acids is 1. The molecule has 7 heteroatoms. The van der Waals surface area contributed by atoms with Crippen LogP contribution in [-0.4, -0.2) is 11.1 Å². The molecule has 0 bridgehead atoms. The van der Waals surface area contributed by atoms with Crippen molar-refractivity contribution in [3.05, 3.63) is 11.8 Å². The Morgan fingerprint density at radius 2 is 2.13 bits per heavy atom. The molecule has 1 aromatic heterocycles. The quantitative estimate of drug-likeness (QED) is 0.835. The van der Waals surface area contributed by atoms with Gasteiger partial charge in [0.05, 0.1) is 0 Å². The number of rotatable bonds is 2. The molecule has 1 rings (SSSR count). The highest BCUT2D eigenvalue weighted by Gasteiger charge is 2.35. The molecule has 4 nitrogen and oxygen atoms in total. The molecule has 1 heterocycles. The highest BCUT2D eigenvalue weighted by molar-refractivity contribution is 5.90. The summed E-state index contributed by atoms with van der Waals surface area (Å²) in [7, 11) is 0. The highest BCUT2D eigenvalue weighted by Crippen LogP contribution is 2.29. The van der Waals surface area contributed by atoms with Gasteiger partial charge < -0.3 is 4.52 Å². The smallest absolute Gasteiger partial charge is 0.338 e. The molecule has 0 aliphatic rings. The SMILES string of the molecule is CC(C)C(=O)Nc1cc(C(F)(F)F)no1. The first-order valence-corrected chi connectivity index (χ1v) is 4.15. The third kappa shape index (κ3) is 2.97. The van der Waals surface area contributed by atoms with Crippen LogP contribution in [0.1, 0.15) is 19.5 Å². The lowest BCUT2D eigenvalue weighted by Crippen LogP contribution is -2.17. The van der Waals surface area contributed by atoms with Gasteiger partial charge >= 0.3 is 6.18 Å². The number of nitrogens with one attached hydrogen (secondary N) is 1. The zero-order chi connectivity index (χ0) is 11.6. The first kappa shape index (κ1) is 11.5. The third-order valence-corrected chi connectivity index (χ3v) is 1.57. The summed E-state index contributed by atoms with van der Waals surface area (Å²) in [4.78, 5) is 11.1. The Hall–Kier alpha value is -1.53. The van der Waals surface area contributed by atoms with Crippen LogP contribution < -0.4 is 5.32 Å². The summed E-state index contributed by atoms with van der Waals surface area (Å²) in [5.74, 6) is -1.08. The van der Waals surface area contributed by atoms with Crippen LogP contribution in [0.25, 0.3) is 0 Å². The third-order valence-electron chi connectivity index (χ3n) is 1.57. The van der Waals surface area contributed by atoms with Crippen LogP contribution in [0.4, 0.5) is 19.1 Å². The molecule has 0 spiro atoms. The van der Waals surface area contributed by atoms with Crippen LogP contribution in [-0.2, 0) is 11.0 Å². The lowest BCUT2D eigenvalue weighted by atomic mass is 10.2. The van der Waals surface area contributed by atoms with Gasteiger partial charge in [-0.1, -0.05) is 19.0 Å². The van der Waals surface area contributed by atoms with Gasteiger partial charge in [-0.25, -0.2) is 0 Å². The maximum atomic E-state index is 12.1. The van der Waals surface area contributed by atoms with E-state index in [9.17, 15) is 18.0 Å². The van der Waals surface area contributed by atoms with E-state index in [4.69, 9.17) is 0 Å². The maximum Gasteiger partial charge on any atom is 0.436 e. The molecule has 0 aromatic carbocycles. The largest absolute Gasteiger partial charge is 0.436 e. The molecule has 0 aliphatic carbocycles. The second-order valence-corrected chi connectivity index (χ2v) is 3.22. The van der Waals surface area contributed by atoms with E-state index in [1.54, 1.807) is 13.8 Å². The van der Waals surface area contributed by atoms with Crippen LogP contribution in [0.15, 0.2) is 10.6 Å². The van der Waals surface area contributed by atoms with E-state index in [0.29, 0.717) is 6.07 Å². The fourth-order valence-electron chi connectivity index (χ4n) is 0.733. The first-order chi connectivity index (χ1) is 6.80. The molecule has 0 fully saturated rings. The van der Waals surface area contributed by atoms with Gasteiger partial charge in [0.2, 0.25) is 11.8 Å².